The van der Waals surface area contributed by atoms with E-state index in [1.807, 2.05) is 18.2 Å². The second-order valence-corrected chi connectivity index (χ2v) is 3.21. The van der Waals surface area contributed by atoms with Crippen LogP contribution in [0.1, 0.15) is 24.7 Å². The van der Waals surface area contributed by atoms with Crippen molar-refractivity contribution in [2.45, 2.75) is 18.8 Å². The van der Waals surface area contributed by atoms with E-state index in [0.29, 0.717) is 5.92 Å². The third-order valence-electron chi connectivity index (χ3n) is 2.16. The van der Waals surface area contributed by atoms with E-state index in [9.17, 15) is 0 Å². The first-order valence-corrected chi connectivity index (χ1v) is 4.20. The second kappa shape index (κ2) is 2.09. The van der Waals surface area contributed by atoms with Crippen LogP contribution in [-0.2, 0) is 0 Å². The molecule has 12 heavy (non-hydrogen) atoms. The van der Waals surface area contributed by atoms with Crippen molar-refractivity contribution < 1.29 is 4.42 Å². The lowest BCUT2D eigenvalue weighted by atomic mass is 10.3. The summed E-state index contributed by atoms with van der Waals surface area (Å²) in [4.78, 5) is 4.35. The van der Waals surface area contributed by atoms with Gasteiger partial charge in [0.25, 0.3) is 0 Å². The molecule has 0 spiro atoms. The van der Waals surface area contributed by atoms with Crippen molar-refractivity contribution in [1.82, 2.24) is 4.98 Å². The molecule has 1 fully saturated rings. The highest BCUT2D eigenvalue weighted by molar-refractivity contribution is 5.71. The summed E-state index contributed by atoms with van der Waals surface area (Å²) in [7, 11) is 0. The number of rotatable bonds is 1. The van der Waals surface area contributed by atoms with Crippen LogP contribution >= 0.6 is 0 Å². The van der Waals surface area contributed by atoms with E-state index in [0.717, 1.165) is 17.0 Å². The van der Waals surface area contributed by atoms with Crippen LogP contribution in [0.4, 0.5) is 0 Å². The lowest BCUT2D eigenvalue weighted by molar-refractivity contribution is 0.533. The molecule has 2 heteroatoms. The van der Waals surface area contributed by atoms with Crippen molar-refractivity contribution in [3.63, 3.8) is 0 Å². The molecule has 1 aliphatic carbocycles. The molecule has 59 valence electrons. The summed E-state index contributed by atoms with van der Waals surface area (Å²) in [6.45, 7) is 0. The molecule has 2 nitrogen and oxygen atoms in total. The minimum atomic E-state index is 0.589. The number of benzene rings is 1. The summed E-state index contributed by atoms with van der Waals surface area (Å²) < 4.78 is 5.55. The summed E-state index contributed by atoms with van der Waals surface area (Å²) in [5, 5.41) is 0. The fourth-order valence-electron chi connectivity index (χ4n) is 1.33. The molecular weight excluding hydrogens is 150 g/mol. The predicted molar refractivity (Wildman–Crippen MR) is 44.8 cm³/mol. The van der Waals surface area contributed by atoms with Gasteiger partial charge in [-0.3, -0.25) is 0 Å². The van der Waals surface area contributed by atoms with Crippen molar-refractivity contribution in [2.75, 3.05) is 0 Å². The van der Waals surface area contributed by atoms with Crippen LogP contribution in [0.25, 0.3) is 11.1 Å². The third kappa shape index (κ3) is 0.843. The van der Waals surface area contributed by atoms with Crippen LogP contribution in [0, 0.1) is 6.07 Å². The molecule has 1 saturated carbocycles. The topological polar surface area (TPSA) is 26.0 Å². The Labute approximate surface area is 70.2 Å². The number of oxazole rings is 1. The molecule has 2 aromatic rings. The first kappa shape index (κ1) is 6.23. The number of para-hydroxylation sites is 1. The Morgan fingerprint density at radius 3 is 3.17 bits per heavy atom. The third-order valence-corrected chi connectivity index (χ3v) is 2.16. The van der Waals surface area contributed by atoms with E-state index in [2.05, 4.69) is 11.1 Å². The lowest BCUT2D eigenvalue weighted by Crippen LogP contribution is -1.74. The molecule has 0 atom stereocenters. The molecule has 3 rings (SSSR count). The van der Waals surface area contributed by atoms with Gasteiger partial charge in [0, 0.05) is 12.0 Å². The van der Waals surface area contributed by atoms with Gasteiger partial charge in [-0.25, -0.2) is 4.98 Å². The molecule has 1 heterocycles. The van der Waals surface area contributed by atoms with E-state index in [1.54, 1.807) is 0 Å². The Hall–Kier alpha value is -1.31. The van der Waals surface area contributed by atoms with E-state index in [1.165, 1.54) is 12.8 Å². The van der Waals surface area contributed by atoms with Crippen molar-refractivity contribution >= 4 is 11.1 Å². The van der Waals surface area contributed by atoms with Crippen molar-refractivity contribution in [3.8, 4) is 0 Å². The average molecular weight is 158 g/mol. The maximum Gasteiger partial charge on any atom is 0.198 e. The molecule has 0 amide bonds. The highest BCUT2D eigenvalue weighted by Crippen LogP contribution is 2.40. The van der Waals surface area contributed by atoms with E-state index in [-0.39, 0.29) is 0 Å². The Morgan fingerprint density at radius 2 is 2.42 bits per heavy atom. The fraction of sp³-hybridized carbons (Fsp3) is 0.300. The SMILES string of the molecule is [c]1cccc2oc(C3CC3)nc12. The number of hydrogen-bond donors (Lipinski definition) is 0. The molecule has 1 aromatic heterocycles. The van der Waals surface area contributed by atoms with Crippen LogP contribution in [0.3, 0.4) is 0 Å². The largest absolute Gasteiger partial charge is 0.440 e. The summed E-state index contributed by atoms with van der Waals surface area (Å²) in [5.41, 5.74) is 1.72. The number of nitrogens with zero attached hydrogens (tertiary/aromatic N) is 1. The summed E-state index contributed by atoms with van der Waals surface area (Å²) >= 11 is 0. The van der Waals surface area contributed by atoms with Crippen LogP contribution in [0.2, 0.25) is 0 Å². The van der Waals surface area contributed by atoms with Crippen molar-refractivity contribution in [3.05, 3.63) is 30.2 Å². The molecule has 1 aliphatic rings. The van der Waals surface area contributed by atoms with Gasteiger partial charge in [-0.2, -0.15) is 0 Å². The van der Waals surface area contributed by atoms with E-state index in [4.69, 9.17) is 4.42 Å². The maximum atomic E-state index is 5.55. The number of aromatic nitrogens is 1. The van der Waals surface area contributed by atoms with Crippen LogP contribution < -0.4 is 0 Å². The van der Waals surface area contributed by atoms with Gasteiger partial charge in [0.2, 0.25) is 0 Å². The first-order valence-electron chi connectivity index (χ1n) is 4.20. The number of hydrogen-bond acceptors (Lipinski definition) is 2. The van der Waals surface area contributed by atoms with Crippen molar-refractivity contribution in [1.29, 1.82) is 0 Å². The van der Waals surface area contributed by atoms with Gasteiger partial charge in [-0.15, -0.1) is 0 Å². The Bertz CT molecular complexity index is 381. The van der Waals surface area contributed by atoms with Gasteiger partial charge < -0.3 is 4.42 Å². The molecule has 1 radical (unpaired) electrons. The Morgan fingerprint density at radius 1 is 1.50 bits per heavy atom. The Kier molecular flexibility index (Phi) is 1.09. The maximum absolute atomic E-state index is 5.55. The van der Waals surface area contributed by atoms with Gasteiger partial charge in [0.15, 0.2) is 11.5 Å². The average Bonchev–Trinajstić information content (AvgIpc) is 2.85. The molecule has 0 N–H and O–H groups in total. The standard InChI is InChI=1S/C10H8NO/c1-2-4-9-8(3-1)11-10(12-9)7-5-6-7/h1-2,4,7H,5-6H2. The number of fused-ring (bicyclic) bond motifs is 1. The van der Waals surface area contributed by atoms with Crippen LogP contribution in [0.5, 0.6) is 0 Å². The van der Waals surface area contributed by atoms with E-state index >= 15 is 0 Å². The summed E-state index contributed by atoms with van der Waals surface area (Å²) in [6.07, 6.45) is 2.46. The summed E-state index contributed by atoms with van der Waals surface area (Å²) in [5.74, 6) is 1.48. The lowest BCUT2D eigenvalue weighted by Gasteiger charge is -1.82. The quantitative estimate of drug-likeness (QED) is 0.637. The predicted octanol–water partition coefficient (Wildman–Crippen LogP) is 2.51. The van der Waals surface area contributed by atoms with Gasteiger partial charge in [-0.1, -0.05) is 12.1 Å². The monoisotopic (exact) mass is 158 g/mol. The van der Waals surface area contributed by atoms with Gasteiger partial charge in [0.05, 0.1) is 0 Å². The smallest absolute Gasteiger partial charge is 0.198 e. The molecule has 0 unspecified atom stereocenters. The second-order valence-electron chi connectivity index (χ2n) is 3.21. The highest BCUT2D eigenvalue weighted by Gasteiger charge is 2.28. The first-order chi connectivity index (χ1) is 5.93. The van der Waals surface area contributed by atoms with Crippen molar-refractivity contribution in [2.24, 2.45) is 0 Å². The molecule has 1 aromatic carbocycles. The van der Waals surface area contributed by atoms with Crippen LogP contribution in [0.15, 0.2) is 22.6 Å². The zero-order chi connectivity index (χ0) is 7.97. The molecular formula is C10H8NO. The normalized spacial score (nSPS) is 17.0. The zero-order valence-electron chi connectivity index (χ0n) is 6.58. The minimum absolute atomic E-state index is 0.589. The van der Waals surface area contributed by atoms with Gasteiger partial charge >= 0.3 is 0 Å². The molecule has 0 bridgehead atoms. The minimum Gasteiger partial charge on any atom is -0.440 e. The van der Waals surface area contributed by atoms with Gasteiger partial charge in [0.1, 0.15) is 5.52 Å². The van der Waals surface area contributed by atoms with Gasteiger partial charge in [-0.05, 0) is 18.9 Å². The molecule has 0 saturated heterocycles. The van der Waals surface area contributed by atoms with Crippen LogP contribution in [-0.4, -0.2) is 4.98 Å². The fourth-order valence-corrected chi connectivity index (χ4v) is 1.33. The zero-order valence-corrected chi connectivity index (χ0v) is 6.58. The Balaban J connectivity index is 2.23. The van der Waals surface area contributed by atoms with E-state index < -0.39 is 0 Å². The highest BCUT2D eigenvalue weighted by atomic mass is 16.3. The summed E-state index contributed by atoms with van der Waals surface area (Å²) in [6, 6.07) is 8.77. The molecule has 0 aliphatic heterocycles.